The molecule has 1 aliphatic heterocycles. The first-order valence-electron chi connectivity index (χ1n) is 13.5. The summed E-state index contributed by atoms with van der Waals surface area (Å²) in [6, 6.07) is 17.1. The smallest absolute Gasteiger partial charge is 0.300 e. The molecule has 1 unspecified atom stereocenters. The van der Waals surface area contributed by atoms with Crippen LogP contribution in [0.1, 0.15) is 50.4 Å². The Morgan fingerprint density at radius 3 is 2.10 bits per heavy atom. The predicted molar refractivity (Wildman–Crippen MR) is 161 cm³/mol. The van der Waals surface area contributed by atoms with Crippen LogP contribution in [0, 0.1) is 0 Å². The second-order valence-electron chi connectivity index (χ2n) is 11.1. The summed E-state index contributed by atoms with van der Waals surface area (Å²) in [7, 11) is 6.90. The minimum absolute atomic E-state index is 0.00593. The van der Waals surface area contributed by atoms with E-state index in [1.54, 1.807) is 30.3 Å². The Hall–Kier alpha value is -4.46. The molecule has 0 aromatic heterocycles. The topological polar surface area (TPSA) is 88.5 Å². The lowest BCUT2D eigenvalue weighted by atomic mass is 9.84. The van der Waals surface area contributed by atoms with Crippen molar-refractivity contribution in [3.05, 3.63) is 82.9 Å². The molecule has 1 atom stereocenters. The van der Waals surface area contributed by atoms with E-state index in [4.69, 9.17) is 14.2 Å². The average molecular weight is 559 g/mol. The molecule has 4 rings (SSSR count). The fourth-order valence-electron chi connectivity index (χ4n) is 5.04. The molecule has 0 bridgehead atoms. The minimum Gasteiger partial charge on any atom is -0.507 e. The fourth-order valence-corrected chi connectivity index (χ4v) is 5.04. The molecule has 1 aliphatic rings. The summed E-state index contributed by atoms with van der Waals surface area (Å²) in [6.07, 6.45) is 0. The van der Waals surface area contributed by atoms with E-state index in [1.807, 2.05) is 56.3 Å². The highest BCUT2D eigenvalue weighted by atomic mass is 16.5. The SMILES string of the molecule is CCOc1ccc(/C(O)=C2/C(=O)C(=O)N(c3ccc(OC)c(OC)c3)C2c2ccc(N(C)C)cc2)cc1C(C)(C)C. The average Bonchev–Trinajstić information content (AvgIpc) is 3.21. The number of ketones is 1. The van der Waals surface area contributed by atoms with Crippen LogP contribution < -0.4 is 24.0 Å². The number of amides is 1. The third-order valence-electron chi connectivity index (χ3n) is 7.18. The van der Waals surface area contributed by atoms with E-state index in [9.17, 15) is 14.7 Å². The van der Waals surface area contributed by atoms with E-state index in [1.165, 1.54) is 19.1 Å². The van der Waals surface area contributed by atoms with Gasteiger partial charge in [0.25, 0.3) is 11.7 Å². The van der Waals surface area contributed by atoms with Gasteiger partial charge in [0.1, 0.15) is 11.5 Å². The zero-order chi connectivity index (χ0) is 30.1. The molecule has 41 heavy (non-hydrogen) atoms. The van der Waals surface area contributed by atoms with Crippen LogP contribution >= 0.6 is 0 Å². The van der Waals surface area contributed by atoms with Crippen LogP contribution in [0.3, 0.4) is 0 Å². The van der Waals surface area contributed by atoms with Crippen molar-refractivity contribution >= 4 is 28.8 Å². The lowest BCUT2D eigenvalue weighted by Crippen LogP contribution is -2.29. The highest BCUT2D eigenvalue weighted by molar-refractivity contribution is 6.51. The van der Waals surface area contributed by atoms with E-state index in [0.717, 1.165) is 11.3 Å². The number of hydrogen-bond donors (Lipinski definition) is 1. The Balaban J connectivity index is 1.96. The molecule has 1 N–H and O–H groups in total. The molecule has 1 heterocycles. The Labute approximate surface area is 241 Å². The fraction of sp³-hybridized carbons (Fsp3) is 0.333. The number of anilines is 2. The first kappa shape index (κ1) is 29.5. The van der Waals surface area contributed by atoms with Crippen LogP contribution in [0.15, 0.2) is 66.2 Å². The number of carbonyl (C=O) groups is 2. The van der Waals surface area contributed by atoms with Crippen LogP contribution in [0.5, 0.6) is 17.2 Å². The molecule has 3 aromatic rings. The van der Waals surface area contributed by atoms with Crippen LogP contribution in [-0.2, 0) is 15.0 Å². The van der Waals surface area contributed by atoms with E-state index < -0.39 is 17.7 Å². The monoisotopic (exact) mass is 558 g/mol. The minimum atomic E-state index is -0.881. The van der Waals surface area contributed by atoms with Gasteiger partial charge in [-0.1, -0.05) is 32.9 Å². The number of Topliss-reactive ketones (excluding diaryl/α,β-unsaturated/α-hetero) is 1. The van der Waals surface area contributed by atoms with Crippen molar-refractivity contribution in [3.8, 4) is 17.2 Å². The van der Waals surface area contributed by atoms with Crippen molar-refractivity contribution in [1.82, 2.24) is 0 Å². The zero-order valence-electron chi connectivity index (χ0n) is 24.9. The first-order chi connectivity index (χ1) is 19.4. The zero-order valence-corrected chi connectivity index (χ0v) is 24.9. The van der Waals surface area contributed by atoms with E-state index in [2.05, 4.69) is 20.8 Å². The summed E-state index contributed by atoms with van der Waals surface area (Å²) in [5.74, 6) is -0.161. The summed E-state index contributed by atoms with van der Waals surface area (Å²) in [6.45, 7) is 8.57. The molecule has 0 saturated carbocycles. The number of nitrogens with zero attached hydrogens (tertiary/aromatic N) is 2. The molecule has 0 aliphatic carbocycles. The number of carbonyl (C=O) groups excluding carboxylic acids is 2. The van der Waals surface area contributed by atoms with Crippen LogP contribution in [0.4, 0.5) is 11.4 Å². The Kier molecular flexibility index (Phi) is 8.33. The number of hydrogen-bond acceptors (Lipinski definition) is 7. The largest absolute Gasteiger partial charge is 0.507 e. The third kappa shape index (κ3) is 5.59. The highest BCUT2D eigenvalue weighted by Gasteiger charge is 2.47. The number of aliphatic hydroxyl groups is 1. The Morgan fingerprint density at radius 2 is 1.54 bits per heavy atom. The van der Waals surface area contributed by atoms with Crippen molar-refractivity contribution < 1.29 is 28.9 Å². The van der Waals surface area contributed by atoms with Crippen molar-refractivity contribution in [2.45, 2.75) is 39.2 Å². The molecule has 8 nitrogen and oxygen atoms in total. The molecule has 1 amide bonds. The number of methoxy groups -OCH3 is 2. The first-order valence-corrected chi connectivity index (χ1v) is 13.5. The van der Waals surface area contributed by atoms with E-state index >= 15 is 0 Å². The molecular weight excluding hydrogens is 520 g/mol. The summed E-state index contributed by atoms with van der Waals surface area (Å²) in [5, 5.41) is 11.7. The number of rotatable bonds is 8. The second kappa shape index (κ2) is 11.6. The van der Waals surface area contributed by atoms with E-state index in [-0.39, 0.29) is 16.7 Å². The number of ether oxygens (including phenoxy) is 3. The molecule has 8 heteroatoms. The lowest BCUT2D eigenvalue weighted by Gasteiger charge is -2.27. The maximum absolute atomic E-state index is 13.7. The number of benzene rings is 3. The highest BCUT2D eigenvalue weighted by Crippen LogP contribution is 2.45. The van der Waals surface area contributed by atoms with Gasteiger partial charge in [-0.15, -0.1) is 0 Å². The van der Waals surface area contributed by atoms with Gasteiger partial charge < -0.3 is 24.2 Å². The van der Waals surface area contributed by atoms with Crippen molar-refractivity contribution in [2.24, 2.45) is 0 Å². The standard InChI is InChI=1S/C33H38N2O6/c1-9-41-25-16-12-21(18-24(25)33(2,3)4)30(36)28-29(20-10-13-22(14-11-20)34(5)6)35(32(38)31(28)37)23-15-17-26(39-7)27(19-23)40-8/h10-19,29,36H,9H2,1-8H3/b30-28-. The molecule has 0 spiro atoms. The maximum Gasteiger partial charge on any atom is 0.300 e. The molecular formula is C33H38N2O6. The molecule has 1 saturated heterocycles. The van der Waals surface area contributed by atoms with Crippen LogP contribution in [-0.4, -0.2) is 51.7 Å². The third-order valence-corrected chi connectivity index (χ3v) is 7.18. The summed E-state index contributed by atoms with van der Waals surface area (Å²) in [4.78, 5) is 30.7. The lowest BCUT2D eigenvalue weighted by molar-refractivity contribution is -0.132. The Morgan fingerprint density at radius 1 is 0.902 bits per heavy atom. The van der Waals surface area contributed by atoms with Gasteiger partial charge in [-0.05, 0) is 60.4 Å². The summed E-state index contributed by atoms with van der Waals surface area (Å²) >= 11 is 0. The van der Waals surface area contributed by atoms with Crippen LogP contribution in [0.25, 0.3) is 5.76 Å². The quantitative estimate of drug-likeness (QED) is 0.203. The molecule has 1 fully saturated rings. The van der Waals surface area contributed by atoms with Gasteiger partial charge in [0.05, 0.1) is 32.4 Å². The van der Waals surface area contributed by atoms with Gasteiger partial charge in [0.2, 0.25) is 0 Å². The van der Waals surface area contributed by atoms with Crippen molar-refractivity contribution in [1.29, 1.82) is 0 Å². The molecule has 216 valence electrons. The van der Waals surface area contributed by atoms with Gasteiger partial charge in [0, 0.05) is 42.7 Å². The molecule has 0 radical (unpaired) electrons. The van der Waals surface area contributed by atoms with Gasteiger partial charge in [-0.25, -0.2) is 0 Å². The maximum atomic E-state index is 13.7. The predicted octanol–water partition coefficient (Wildman–Crippen LogP) is 6.09. The van der Waals surface area contributed by atoms with Gasteiger partial charge >= 0.3 is 0 Å². The normalized spacial score (nSPS) is 16.6. The van der Waals surface area contributed by atoms with E-state index in [0.29, 0.717) is 40.7 Å². The number of aliphatic hydroxyl groups excluding tert-OH is 1. The van der Waals surface area contributed by atoms with Crippen LogP contribution in [0.2, 0.25) is 0 Å². The summed E-state index contributed by atoms with van der Waals surface area (Å²) in [5.41, 5.74) is 3.09. The van der Waals surface area contributed by atoms with Crippen molar-refractivity contribution in [3.63, 3.8) is 0 Å². The Bertz CT molecular complexity index is 1480. The van der Waals surface area contributed by atoms with Gasteiger partial charge in [-0.3, -0.25) is 14.5 Å². The van der Waals surface area contributed by atoms with Gasteiger partial charge in [0.15, 0.2) is 11.5 Å². The van der Waals surface area contributed by atoms with Crippen molar-refractivity contribution in [2.75, 3.05) is 44.7 Å². The summed E-state index contributed by atoms with van der Waals surface area (Å²) < 4.78 is 16.7. The second-order valence-corrected chi connectivity index (χ2v) is 11.1. The molecule has 3 aromatic carbocycles. The van der Waals surface area contributed by atoms with Gasteiger partial charge in [-0.2, -0.15) is 0 Å².